The lowest BCUT2D eigenvalue weighted by molar-refractivity contribution is 0.0697. The fraction of sp³-hybridized carbons (Fsp3) is 0.0556. The molecule has 1 aromatic heterocycles. The highest BCUT2D eigenvalue weighted by molar-refractivity contribution is 5.96. The lowest BCUT2D eigenvalue weighted by Crippen LogP contribution is -2.03. The van der Waals surface area contributed by atoms with Crippen molar-refractivity contribution in [1.29, 1.82) is 0 Å². The van der Waals surface area contributed by atoms with Gasteiger partial charge in [-0.05, 0) is 43.3 Å². The molecule has 0 amide bonds. The zero-order chi connectivity index (χ0) is 17.1. The molecule has 3 rings (SSSR count). The Morgan fingerprint density at radius 1 is 1.12 bits per heavy atom. The van der Waals surface area contributed by atoms with Gasteiger partial charge in [0.15, 0.2) is 0 Å². The first-order valence-electron chi connectivity index (χ1n) is 7.33. The van der Waals surface area contributed by atoms with Gasteiger partial charge in [0.2, 0.25) is 5.95 Å². The molecule has 0 fully saturated rings. The van der Waals surface area contributed by atoms with Gasteiger partial charge in [-0.2, -0.15) is 0 Å². The quantitative estimate of drug-likeness (QED) is 0.636. The molecule has 1 heterocycles. The van der Waals surface area contributed by atoms with Gasteiger partial charge in [0.25, 0.3) is 0 Å². The Morgan fingerprint density at radius 3 is 2.58 bits per heavy atom. The van der Waals surface area contributed by atoms with E-state index in [1.54, 1.807) is 24.4 Å². The molecule has 0 saturated carbocycles. The molecule has 24 heavy (non-hydrogen) atoms. The molecule has 3 aromatic rings. The number of aryl methyl sites for hydroxylation is 1. The van der Waals surface area contributed by atoms with Crippen molar-refractivity contribution in [3.63, 3.8) is 0 Å². The first-order valence-corrected chi connectivity index (χ1v) is 7.33. The molecule has 0 radical (unpaired) electrons. The number of aromatic nitrogens is 2. The molecule has 0 spiro atoms. The van der Waals surface area contributed by atoms with Gasteiger partial charge in [0.05, 0.1) is 11.3 Å². The summed E-state index contributed by atoms with van der Waals surface area (Å²) in [4.78, 5) is 20.0. The van der Waals surface area contributed by atoms with Crippen molar-refractivity contribution in [2.45, 2.75) is 6.92 Å². The highest BCUT2D eigenvalue weighted by atomic mass is 16.4. The summed E-state index contributed by atoms with van der Waals surface area (Å²) in [7, 11) is 0. The zero-order valence-corrected chi connectivity index (χ0v) is 13.0. The van der Waals surface area contributed by atoms with E-state index in [-0.39, 0.29) is 5.56 Å². The summed E-state index contributed by atoms with van der Waals surface area (Å²) in [6, 6.07) is 14.1. The smallest absolute Gasteiger partial charge is 0.336 e. The lowest BCUT2D eigenvalue weighted by atomic mass is 10.0. The standard InChI is InChI=1S/C18H16N4O2/c1-11-2-5-13(6-3-11)21-18-20-9-8-16(22-18)15-10-12(19)4-7-14(15)17(23)24/h2-10H,19H2,1H3,(H,23,24)(H,20,21,22). The third-order valence-corrected chi connectivity index (χ3v) is 3.51. The molecular formula is C18H16N4O2. The Bertz CT molecular complexity index is 892. The van der Waals surface area contributed by atoms with E-state index in [0.717, 1.165) is 11.3 Å². The van der Waals surface area contributed by atoms with Crippen LogP contribution < -0.4 is 11.1 Å². The number of nitrogens with two attached hydrogens (primary N) is 1. The predicted octanol–water partition coefficient (Wildman–Crippen LogP) is 3.48. The second-order valence-corrected chi connectivity index (χ2v) is 5.37. The number of carboxylic acid groups (broad SMARTS) is 1. The number of nitrogen functional groups attached to an aromatic ring is 1. The summed E-state index contributed by atoms with van der Waals surface area (Å²) in [6.45, 7) is 2.01. The van der Waals surface area contributed by atoms with Crippen LogP contribution in [0.5, 0.6) is 0 Å². The van der Waals surface area contributed by atoms with E-state index in [2.05, 4.69) is 15.3 Å². The Hall–Kier alpha value is -3.41. The number of hydrogen-bond acceptors (Lipinski definition) is 5. The SMILES string of the molecule is Cc1ccc(Nc2nccc(-c3cc(N)ccc3C(=O)O)n2)cc1. The number of rotatable bonds is 4. The van der Waals surface area contributed by atoms with Gasteiger partial charge in [-0.1, -0.05) is 17.7 Å². The largest absolute Gasteiger partial charge is 0.478 e. The summed E-state index contributed by atoms with van der Waals surface area (Å²) in [5, 5.41) is 12.5. The summed E-state index contributed by atoms with van der Waals surface area (Å²) in [5.74, 6) is -0.647. The second-order valence-electron chi connectivity index (χ2n) is 5.37. The van der Waals surface area contributed by atoms with Crippen molar-refractivity contribution >= 4 is 23.3 Å². The molecule has 6 nitrogen and oxygen atoms in total. The molecular weight excluding hydrogens is 304 g/mol. The topological polar surface area (TPSA) is 101 Å². The molecule has 0 aliphatic rings. The fourth-order valence-corrected chi connectivity index (χ4v) is 2.30. The Balaban J connectivity index is 1.98. The molecule has 0 bridgehead atoms. The molecule has 0 atom stereocenters. The molecule has 0 aliphatic carbocycles. The third-order valence-electron chi connectivity index (χ3n) is 3.51. The van der Waals surface area contributed by atoms with E-state index in [0.29, 0.717) is 22.9 Å². The maximum Gasteiger partial charge on any atom is 0.336 e. The highest BCUT2D eigenvalue weighted by Gasteiger charge is 2.14. The predicted molar refractivity (Wildman–Crippen MR) is 93.3 cm³/mol. The minimum absolute atomic E-state index is 0.143. The molecule has 2 aromatic carbocycles. The number of benzene rings is 2. The summed E-state index contributed by atoms with van der Waals surface area (Å²) < 4.78 is 0. The van der Waals surface area contributed by atoms with Crippen LogP contribution in [0.3, 0.4) is 0 Å². The average molecular weight is 320 g/mol. The maximum atomic E-state index is 11.4. The first kappa shape index (κ1) is 15.5. The summed E-state index contributed by atoms with van der Waals surface area (Å²) in [5.41, 5.74) is 9.36. The zero-order valence-electron chi connectivity index (χ0n) is 13.0. The molecule has 6 heteroatoms. The number of hydrogen-bond donors (Lipinski definition) is 3. The number of anilines is 3. The average Bonchev–Trinajstić information content (AvgIpc) is 2.57. The van der Waals surface area contributed by atoms with Gasteiger partial charge in [-0.3, -0.25) is 0 Å². The number of nitrogens with zero attached hydrogens (tertiary/aromatic N) is 2. The van der Waals surface area contributed by atoms with E-state index in [1.165, 1.54) is 6.07 Å². The first-order chi connectivity index (χ1) is 11.5. The van der Waals surface area contributed by atoms with E-state index >= 15 is 0 Å². The van der Waals surface area contributed by atoms with Gasteiger partial charge in [0.1, 0.15) is 0 Å². The van der Waals surface area contributed by atoms with E-state index in [1.807, 2.05) is 31.2 Å². The van der Waals surface area contributed by atoms with Gasteiger partial charge in [-0.25, -0.2) is 14.8 Å². The summed E-state index contributed by atoms with van der Waals surface area (Å²) in [6.07, 6.45) is 1.58. The summed E-state index contributed by atoms with van der Waals surface area (Å²) >= 11 is 0. The Kier molecular flexibility index (Phi) is 4.11. The van der Waals surface area contributed by atoms with Crippen molar-refractivity contribution in [2.75, 3.05) is 11.1 Å². The monoisotopic (exact) mass is 320 g/mol. The van der Waals surface area contributed by atoms with Crippen LogP contribution in [0.15, 0.2) is 54.7 Å². The number of carboxylic acids is 1. The van der Waals surface area contributed by atoms with Gasteiger partial charge < -0.3 is 16.2 Å². The second kappa shape index (κ2) is 6.37. The van der Waals surface area contributed by atoms with E-state index < -0.39 is 5.97 Å². The number of aromatic carboxylic acids is 1. The lowest BCUT2D eigenvalue weighted by Gasteiger charge is -2.09. The minimum atomic E-state index is -1.03. The van der Waals surface area contributed by atoms with Gasteiger partial charge in [0, 0.05) is 23.1 Å². The van der Waals surface area contributed by atoms with Crippen LogP contribution in [0.2, 0.25) is 0 Å². The Labute approximate surface area is 139 Å². The molecule has 0 aliphatic heterocycles. The van der Waals surface area contributed by atoms with Crippen LogP contribution in [0.25, 0.3) is 11.3 Å². The molecule has 4 N–H and O–H groups in total. The molecule has 120 valence electrons. The Morgan fingerprint density at radius 2 is 1.88 bits per heavy atom. The fourth-order valence-electron chi connectivity index (χ4n) is 2.30. The molecule has 0 unspecified atom stereocenters. The van der Waals surface area contributed by atoms with Crippen molar-refractivity contribution in [1.82, 2.24) is 9.97 Å². The van der Waals surface area contributed by atoms with Crippen LogP contribution in [0.4, 0.5) is 17.3 Å². The maximum absolute atomic E-state index is 11.4. The van der Waals surface area contributed by atoms with Crippen molar-refractivity contribution in [3.8, 4) is 11.3 Å². The van der Waals surface area contributed by atoms with E-state index in [4.69, 9.17) is 5.73 Å². The van der Waals surface area contributed by atoms with Crippen LogP contribution in [-0.2, 0) is 0 Å². The van der Waals surface area contributed by atoms with Crippen molar-refractivity contribution < 1.29 is 9.90 Å². The number of nitrogens with one attached hydrogen (secondary N) is 1. The number of carbonyl (C=O) groups is 1. The minimum Gasteiger partial charge on any atom is -0.478 e. The van der Waals surface area contributed by atoms with Gasteiger partial charge >= 0.3 is 5.97 Å². The van der Waals surface area contributed by atoms with Crippen LogP contribution >= 0.6 is 0 Å². The van der Waals surface area contributed by atoms with Crippen LogP contribution in [0.1, 0.15) is 15.9 Å². The van der Waals surface area contributed by atoms with Crippen molar-refractivity contribution in [2.24, 2.45) is 0 Å². The van der Waals surface area contributed by atoms with Gasteiger partial charge in [-0.15, -0.1) is 0 Å². The highest BCUT2D eigenvalue weighted by Crippen LogP contribution is 2.25. The van der Waals surface area contributed by atoms with Crippen LogP contribution in [0, 0.1) is 6.92 Å². The molecule has 0 saturated heterocycles. The van der Waals surface area contributed by atoms with E-state index in [9.17, 15) is 9.90 Å². The van der Waals surface area contributed by atoms with Crippen molar-refractivity contribution in [3.05, 3.63) is 65.9 Å². The van der Waals surface area contributed by atoms with Crippen LogP contribution in [-0.4, -0.2) is 21.0 Å². The normalized spacial score (nSPS) is 10.4. The third kappa shape index (κ3) is 3.33.